The number of ether oxygens (including phenoxy) is 1. The lowest BCUT2D eigenvalue weighted by atomic mass is 9.99. The van der Waals surface area contributed by atoms with Gasteiger partial charge in [-0.05, 0) is 72.8 Å². The maximum Gasteiger partial charge on any atom is 0.304 e. The van der Waals surface area contributed by atoms with Crippen LogP contribution in [0.5, 0.6) is 5.75 Å². The monoisotopic (exact) mass is 452 g/mol. The van der Waals surface area contributed by atoms with E-state index >= 15 is 0 Å². The first-order valence-electron chi connectivity index (χ1n) is 9.84. The molecule has 0 aliphatic carbocycles. The molecule has 1 heterocycles. The number of hydrazone groups is 1. The second-order valence-electron chi connectivity index (χ2n) is 7.24. The molecule has 2 amide bonds. The summed E-state index contributed by atoms with van der Waals surface area (Å²) in [5, 5.41) is 3.38. The highest BCUT2D eigenvalue weighted by molar-refractivity contribution is 6.30. The third-order valence-corrected chi connectivity index (χ3v) is 5.40. The summed E-state index contributed by atoms with van der Waals surface area (Å²) in [4.78, 5) is 25.6. The van der Waals surface area contributed by atoms with Gasteiger partial charge in [0.2, 0.25) is 12.3 Å². The molecule has 2 atom stereocenters. The Hall–Kier alpha value is -3.71. The highest BCUT2D eigenvalue weighted by atomic mass is 35.5. The van der Waals surface area contributed by atoms with Gasteiger partial charge in [-0.3, -0.25) is 9.59 Å². The molecule has 3 aromatic carbocycles. The number of benzene rings is 3. The molecule has 0 unspecified atom stereocenters. The molecular formula is C24H20ClFN3O3+. The highest BCUT2D eigenvalue weighted by Gasteiger charge is 2.47. The molecule has 32 heavy (non-hydrogen) atoms. The summed E-state index contributed by atoms with van der Waals surface area (Å²) in [7, 11) is 1.57. The molecule has 1 aliphatic rings. The van der Waals surface area contributed by atoms with Crippen LogP contribution in [0.25, 0.3) is 0 Å². The Balaban J connectivity index is 1.69. The van der Waals surface area contributed by atoms with Crippen LogP contribution >= 0.6 is 11.6 Å². The smallest absolute Gasteiger partial charge is 0.304 e. The first kappa shape index (κ1) is 21.5. The van der Waals surface area contributed by atoms with E-state index in [1.807, 2.05) is 24.3 Å². The fourth-order valence-corrected chi connectivity index (χ4v) is 3.64. The fraction of sp³-hybridized carbons (Fsp3) is 0.125. The van der Waals surface area contributed by atoms with Crippen molar-refractivity contribution in [2.45, 2.75) is 12.1 Å². The summed E-state index contributed by atoms with van der Waals surface area (Å²) >= 11 is 5.97. The summed E-state index contributed by atoms with van der Waals surface area (Å²) < 4.78 is 20.1. The predicted octanol–water partition coefficient (Wildman–Crippen LogP) is 3.50. The van der Waals surface area contributed by atoms with E-state index in [1.165, 1.54) is 24.3 Å². The van der Waals surface area contributed by atoms with Crippen molar-refractivity contribution in [3.8, 4) is 5.75 Å². The number of hydrogen-bond acceptors (Lipinski definition) is 3. The van der Waals surface area contributed by atoms with Crippen molar-refractivity contribution in [2.24, 2.45) is 0 Å². The first-order valence-corrected chi connectivity index (χ1v) is 10.2. The minimum atomic E-state index is -0.885. The Morgan fingerprint density at radius 1 is 1.06 bits per heavy atom. The lowest BCUT2D eigenvalue weighted by Crippen LogP contribution is -2.42. The van der Waals surface area contributed by atoms with Crippen molar-refractivity contribution < 1.29 is 23.4 Å². The molecule has 0 saturated carbocycles. The lowest BCUT2D eigenvalue weighted by molar-refractivity contribution is -0.596. The Bertz CT molecular complexity index is 1160. The topological polar surface area (TPSA) is 70.4 Å². The standard InChI is InChI=1S/C24H19ClFN3O3/c1-32-20-12-6-16(7-13-20)22-21(27-23(30)17-4-10-19(26)11-5-17)24(31)28-29(22)14-15-2-8-18(25)9-3-15/h2-14,21-22H,1H3,(H-,27,28,30,31)/p+1/b29-14-/t21-,22-/m1/s1. The van der Waals surface area contributed by atoms with Crippen LogP contribution in [0.15, 0.2) is 72.8 Å². The minimum Gasteiger partial charge on any atom is -0.497 e. The molecule has 6 nitrogen and oxygen atoms in total. The summed E-state index contributed by atoms with van der Waals surface area (Å²) in [6.07, 6.45) is 1.77. The predicted molar refractivity (Wildman–Crippen MR) is 118 cm³/mol. The molecule has 1 aliphatic heterocycles. The number of carbonyl (C=O) groups excluding carboxylic acids is 2. The van der Waals surface area contributed by atoms with Crippen molar-refractivity contribution in [3.63, 3.8) is 0 Å². The lowest BCUT2D eigenvalue weighted by Gasteiger charge is -2.15. The number of nitrogens with one attached hydrogen (secondary N) is 2. The first-order chi connectivity index (χ1) is 15.4. The zero-order chi connectivity index (χ0) is 22.7. The molecule has 1 fully saturated rings. The average Bonchev–Trinajstić information content (AvgIpc) is 3.10. The van der Waals surface area contributed by atoms with Crippen LogP contribution in [-0.4, -0.2) is 35.9 Å². The van der Waals surface area contributed by atoms with E-state index in [-0.39, 0.29) is 11.5 Å². The quantitative estimate of drug-likeness (QED) is 0.582. The molecule has 3 aromatic rings. The Labute approximate surface area is 189 Å². The van der Waals surface area contributed by atoms with Crippen LogP contribution in [0.2, 0.25) is 5.02 Å². The number of carbonyl (C=O) groups is 2. The number of hydrazine groups is 1. The van der Waals surface area contributed by atoms with Crippen molar-refractivity contribution in [1.29, 1.82) is 0 Å². The van der Waals surface area contributed by atoms with Crippen molar-refractivity contribution >= 4 is 29.6 Å². The van der Waals surface area contributed by atoms with Gasteiger partial charge in [-0.1, -0.05) is 11.6 Å². The SMILES string of the molecule is COc1ccc([C@@H]2[C@@H](NC(=O)c3ccc(F)cc3)C(=O)N/[N+]2=C\c2ccc(Cl)cc2)cc1. The van der Waals surface area contributed by atoms with E-state index in [9.17, 15) is 14.0 Å². The summed E-state index contributed by atoms with van der Waals surface area (Å²) in [6, 6.07) is 18.1. The van der Waals surface area contributed by atoms with Gasteiger partial charge in [-0.2, -0.15) is 0 Å². The highest BCUT2D eigenvalue weighted by Crippen LogP contribution is 2.27. The Morgan fingerprint density at radius 3 is 2.34 bits per heavy atom. The summed E-state index contributed by atoms with van der Waals surface area (Å²) in [5.74, 6) is -0.616. The van der Waals surface area contributed by atoms with E-state index in [0.717, 1.165) is 11.1 Å². The number of hydrogen-bond donors (Lipinski definition) is 2. The number of rotatable bonds is 5. The van der Waals surface area contributed by atoms with Crippen molar-refractivity contribution in [2.75, 3.05) is 7.11 Å². The normalized spacial score (nSPS) is 19.0. The number of amides is 2. The van der Waals surface area contributed by atoms with Crippen LogP contribution in [-0.2, 0) is 4.79 Å². The molecule has 1 saturated heterocycles. The summed E-state index contributed by atoms with van der Waals surface area (Å²) in [6.45, 7) is 0. The molecule has 162 valence electrons. The van der Waals surface area contributed by atoms with Gasteiger partial charge in [0.05, 0.1) is 7.11 Å². The van der Waals surface area contributed by atoms with Crippen LogP contribution < -0.4 is 15.5 Å². The maximum absolute atomic E-state index is 13.2. The van der Waals surface area contributed by atoms with Gasteiger partial charge in [0, 0.05) is 21.7 Å². The van der Waals surface area contributed by atoms with Crippen molar-refractivity contribution in [1.82, 2.24) is 10.7 Å². The molecule has 2 N–H and O–H groups in total. The largest absolute Gasteiger partial charge is 0.497 e. The second-order valence-corrected chi connectivity index (χ2v) is 7.68. The van der Waals surface area contributed by atoms with Crippen LogP contribution in [0, 0.1) is 5.82 Å². The maximum atomic E-state index is 13.2. The van der Waals surface area contributed by atoms with Crippen LogP contribution in [0.4, 0.5) is 4.39 Å². The van der Waals surface area contributed by atoms with Gasteiger partial charge in [0.15, 0.2) is 6.04 Å². The van der Waals surface area contributed by atoms with Crippen molar-refractivity contribution in [3.05, 3.63) is 100 Å². The van der Waals surface area contributed by atoms with Gasteiger partial charge in [0.1, 0.15) is 11.6 Å². The molecule has 0 radical (unpaired) electrons. The van der Waals surface area contributed by atoms with Gasteiger partial charge in [-0.25, -0.2) is 4.39 Å². The van der Waals surface area contributed by atoms with E-state index in [4.69, 9.17) is 16.3 Å². The van der Waals surface area contributed by atoms with E-state index in [1.54, 1.807) is 42.3 Å². The zero-order valence-corrected chi connectivity index (χ0v) is 17.8. The third kappa shape index (κ3) is 4.63. The van der Waals surface area contributed by atoms with Gasteiger partial charge >= 0.3 is 5.91 Å². The Morgan fingerprint density at radius 2 is 1.72 bits per heavy atom. The zero-order valence-electron chi connectivity index (χ0n) is 17.1. The Kier molecular flexibility index (Phi) is 6.18. The molecule has 8 heteroatoms. The molecule has 4 rings (SSSR count). The third-order valence-electron chi connectivity index (χ3n) is 5.15. The van der Waals surface area contributed by atoms with Gasteiger partial charge in [-0.15, -0.1) is 10.1 Å². The number of nitrogens with zero attached hydrogens (tertiary/aromatic N) is 1. The van der Waals surface area contributed by atoms with Crippen LogP contribution in [0.1, 0.15) is 27.5 Å². The molecule has 0 aromatic heterocycles. The number of halogens is 2. The molecule has 0 spiro atoms. The van der Waals surface area contributed by atoms with E-state index in [2.05, 4.69) is 10.7 Å². The summed E-state index contributed by atoms with van der Waals surface area (Å²) in [5.41, 5.74) is 4.68. The van der Waals surface area contributed by atoms with E-state index in [0.29, 0.717) is 10.8 Å². The molecular weight excluding hydrogens is 433 g/mol. The second kappa shape index (κ2) is 9.20. The fourth-order valence-electron chi connectivity index (χ4n) is 3.52. The average molecular weight is 453 g/mol. The van der Waals surface area contributed by atoms with Crippen LogP contribution in [0.3, 0.4) is 0 Å². The van der Waals surface area contributed by atoms with Gasteiger partial charge in [0.25, 0.3) is 5.91 Å². The minimum absolute atomic E-state index is 0.257. The molecule has 0 bridgehead atoms. The van der Waals surface area contributed by atoms with E-state index < -0.39 is 23.8 Å². The number of methoxy groups -OCH3 is 1. The van der Waals surface area contributed by atoms with Gasteiger partial charge < -0.3 is 10.1 Å².